The molecule has 1 aliphatic rings. The van der Waals surface area contributed by atoms with Crippen molar-refractivity contribution in [2.45, 2.75) is 30.6 Å². The zero-order valence-corrected chi connectivity index (χ0v) is 20.0. The van der Waals surface area contributed by atoms with Gasteiger partial charge in [0.05, 0.1) is 24.3 Å². The minimum atomic E-state index is 0.0385. The Hall–Kier alpha value is -2.62. The zero-order chi connectivity index (χ0) is 21.9. The lowest BCUT2D eigenvalue weighted by Crippen LogP contribution is -2.31. The van der Waals surface area contributed by atoms with Crippen LogP contribution in [0.5, 0.6) is 5.75 Å². The summed E-state index contributed by atoms with van der Waals surface area (Å²) in [5.41, 5.74) is 0.854. The van der Waals surface area contributed by atoms with Gasteiger partial charge in [-0.25, -0.2) is 0 Å². The summed E-state index contributed by atoms with van der Waals surface area (Å²) in [5, 5.41) is 13.8. The average Bonchev–Trinajstić information content (AvgIpc) is 3.23. The zero-order valence-electron chi connectivity index (χ0n) is 17.5. The summed E-state index contributed by atoms with van der Waals surface area (Å²) in [4.78, 5) is 17.4. The van der Waals surface area contributed by atoms with Gasteiger partial charge in [-0.2, -0.15) is 0 Å². The van der Waals surface area contributed by atoms with E-state index in [9.17, 15) is 4.79 Å². The lowest BCUT2D eigenvalue weighted by molar-refractivity contribution is -0.116. The van der Waals surface area contributed by atoms with Gasteiger partial charge in [0, 0.05) is 16.6 Å². The Morgan fingerprint density at radius 1 is 1.12 bits per heavy atom. The number of hydrogen-bond acceptors (Lipinski definition) is 7. The number of carbonyl (C=O) groups excluding carboxylic acids is 1. The predicted molar refractivity (Wildman–Crippen MR) is 131 cm³/mol. The summed E-state index contributed by atoms with van der Waals surface area (Å²) in [7, 11) is 1.64. The Labute approximate surface area is 198 Å². The van der Waals surface area contributed by atoms with Gasteiger partial charge >= 0.3 is 0 Å². The van der Waals surface area contributed by atoms with Gasteiger partial charge in [-0.05, 0) is 60.0 Å². The number of anilines is 1. The van der Waals surface area contributed by atoms with Crippen LogP contribution >= 0.6 is 34.4 Å². The van der Waals surface area contributed by atoms with E-state index in [1.807, 2.05) is 46.7 Å². The molecule has 0 atom stereocenters. The number of thiophene rings is 2. The molecule has 164 valence electrons. The first-order valence-corrected chi connectivity index (χ1v) is 13.1. The van der Waals surface area contributed by atoms with Crippen LogP contribution in [0.1, 0.15) is 23.8 Å². The Morgan fingerprint density at radius 3 is 2.56 bits per heavy atom. The number of ether oxygens (including phenoxy) is 1. The van der Waals surface area contributed by atoms with Crippen LogP contribution in [-0.4, -0.2) is 33.5 Å². The van der Waals surface area contributed by atoms with E-state index < -0.39 is 0 Å². The highest BCUT2D eigenvalue weighted by Gasteiger charge is 2.31. The van der Waals surface area contributed by atoms with E-state index in [-0.39, 0.29) is 5.91 Å². The second kappa shape index (κ2) is 9.48. The quantitative estimate of drug-likeness (QED) is 0.285. The van der Waals surface area contributed by atoms with Gasteiger partial charge in [-0.1, -0.05) is 23.9 Å². The molecule has 0 saturated heterocycles. The summed E-state index contributed by atoms with van der Waals surface area (Å²) >= 11 is 4.78. The molecule has 6 nitrogen and oxygen atoms in total. The molecule has 4 aromatic rings. The molecule has 1 aliphatic carbocycles. The molecule has 1 amide bonds. The first kappa shape index (κ1) is 21.2. The second-order valence-electron chi connectivity index (χ2n) is 7.43. The van der Waals surface area contributed by atoms with Crippen LogP contribution in [0.25, 0.3) is 10.7 Å². The second-order valence-corrected chi connectivity index (χ2v) is 10.4. The molecule has 1 fully saturated rings. The molecule has 0 radical (unpaired) electrons. The molecule has 0 spiro atoms. The molecule has 0 N–H and O–H groups in total. The van der Waals surface area contributed by atoms with E-state index in [4.69, 9.17) is 4.74 Å². The maximum atomic E-state index is 13.4. The Morgan fingerprint density at radius 2 is 1.91 bits per heavy atom. The molecule has 3 heterocycles. The van der Waals surface area contributed by atoms with E-state index in [2.05, 4.69) is 32.3 Å². The smallest absolute Gasteiger partial charge is 0.237 e. The highest BCUT2D eigenvalue weighted by atomic mass is 32.2. The standard InChI is InChI=1S/C23H22N4O2S3/c1-29-18-10-8-16(9-11-18)26(14-19-4-2-12-30-19)21(28)15-32-23-25-24-22(20-5-3-13-31-20)27(23)17-6-7-17/h2-5,8-13,17H,6-7,14-15H2,1H3. The SMILES string of the molecule is COc1ccc(N(Cc2cccs2)C(=O)CSc2nnc(-c3cccs3)n2C2CC2)cc1. The molecule has 3 aromatic heterocycles. The van der Waals surface area contributed by atoms with Crippen LogP contribution in [0.3, 0.4) is 0 Å². The summed E-state index contributed by atoms with van der Waals surface area (Å²) in [5.74, 6) is 2.01. The van der Waals surface area contributed by atoms with Crippen molar-refractivity contribution < 1.29 is 9.53 Å². The number of benzene rings is 1. The number of thioether (sulfide) groups is 1. The van der Waals surface area contributed by atoms with Gasteiger partial charge < -0.3 is 9.64 Å². The number of carbonyl (C=O) groups is 1. The van der Waals surface area contributed by atoms with Crippen molar-refractivity contribution in [1.29, 1.82) is 0 Å². The maximum Gasteiger partial charge on any atom is 0.237 e. The van der Waals surface area contributed by atoms with Gasteiger partial charge in [-0.15, -0.1) is 32.9 Å². The molecule has 32 heavy (non-hydrogen) atoms. The molecule has 1 saturated carbocycles. The van der Waals surface area contributed by atoms with Gasteiger partial charge in [0.25, 0.3) is 0 Å². The molecular formula is C23H22N4O2S3. The fourth-order valence-electron chi connectivity index (χ4n) is 3.46. The topological polar surface area (TPSA) is 60.2 Å². The highest BCUT2D eigenvalue weighted by Crippen LogP contribution is 2.41. The number of aromatic nitrogens is 3. The van der Waals surface area contributed by atoms with Crippen LogP contribution in [0.4, 0.5) is 5.69 Å². The third-order valence-corrected chi connectivity index (χ3v) is 7.88. The van der Waals surface area contributed by atoms with Crippen molar-refractivity contribution >= 4 is 46.0 Å². The minimum absolute atomic E-state index is 0.0385. The lowest BCUT2D eigenvalue weighted by atomic mass is 10.2. The summed E-state index contributed by atoms with van der Waals surface area (Å²) in [6.07, 6.45) is 2.27. The number of rotatable bonds is 9. The lowest BCUT2D eigenvalue weighted by Gasteiger charge is -2.22. The number of hydrogen-bond donors (Lipinski definition) is 0. The molecule has 9 heteroatoms. The summed E-state index contributed by atoms with van der Waals surface area (Å²) in [6, 6.07) is 16.2. The number of nitrogens with zero attached hydrogens (tertiary/aromatic N) is 4. The monoisotopic (exact) mass is 482 g/mol. The number of amides is 1. The van der Waals surface area contributed by atoms with Gasteiger partial charge in [0.1, 0.15) is 5.75 Å². The molecule has 0 unspecified atom stereocenters. The first-order valence-electron chi connectivity index (χ1n) is 10.3. The van der Waals surface area contributed by atoms with E-state index in [0.717, 1.165) is 45.0 Å². The van der Waals surface area contributed by atoms with Crippen molar-refractivity contribution in [3.8, 4) is 16.5 Å². The molecule has 0 aliphatic heterocycles. The first-order chi connectivity index (χ1) is 15.7. The molecular weight excluding hydrogens is 460 g/mol. The predicted octanol–water partition coefficient (Wildman–Crippen LogP) is 5.74. The van der Waals surface area contributed by atoms with Gasteiger partial charge in [-0.3, -0.25) is 9.36 Å². The normalized spacial score (nSPS) is 13.3. The van der Waals surface area contributed by atoms with Crippen molar-refractivity contribution in [2.75, 3.05) is 17.8 Å². The van der Waals surface area contributed by atoms with E-state index >= 15 is 0 Å². The Kier molecular flexibility index (Phi) is 6.29. The van der Waals surface area contributed by atoms with Crippen molar-refractivity contribution in [3.05, 3.63) is 64.2 Å². The number of methoxy groups -OCH3 is 1. The van der Waals surface area contributed by atoms with Crippen molar-refractivity contribution in [1.82, 2.24) is 14.8 Å². The third-order valence-electron chi connectivity index (χ3n) is 5.22. The van der Waals surface area contributed by atoms with Crippen LogP contribution in [0.2, 0.25) is 0 Å². The Bertz CT molecular complexity index is 1170. The van der Waals surface area contributed by atoms with Gasteiger partial charge in [0.2, 0.25) is 5.91 Å². The average molecular weight is 483 g/mol. The van der Waals surface area contributed by atoms with Crippen LogP contribution < -0.4 is 9.64 Å². The van der Waals surface area contributed by atoms with Crippen LogP contribution in [0.15, 0.2) is 64.4 Å². The van der Waals surface area contributed by atoms with Crippen molar-refractivity contribution in [3.63, 3.8) is 0 Å². The van der Waals surface area contributed by atoms with Crippen LogP contribution in [0, 0.1) is 0 Å². The van der Waals surface area contributed by atoms with Gasteiger partial charge in [0.15, 0.2) is 11.0 Å². The minimum Gasteiger partial charge on any atom is -0.497 e. The molecule has 5 rings (SSSR count). The molecule has 0 bridgehead atoms. The molecule has 1 aromatic carbocycles. The highest BCUT2D eigenvalue weighted by molar-refractivity contribution is 7.99. The Balaban J connectivity index is 1.35. The largest absolute Gasteiger partial charge is 0.497 e. The summed E-state index contributed by atoms with van der Waals surface area (Å²) < 4.78 is 7.48. The van der Waals surface area contributed by atoms with Crippen LogP contribution in [-0.2, 0) is 11.3 Å². The van der Waals surface area contributed by atoms with E-state index in [0.29, 0.717) is 18.3 Å². The third kappa shape index (κ3) is 4.60. The van der Waals surface area contributed by atoms with E-state index in [1.165, 1.54) is 11.8 Å². The van der Waals surface area contributed by atoms with E-state index in [1.54, 1.807) is 29.8 Å². The van der Waals surface area contributed by atoms with Crippen molar-refractivity contribution in [2.24, 2.45) is 0 Å². The summed E-state index contributed by atoms with van der Waals surface area (Å²) in [6.45, 7) is 0.541. The fourth-order valence-corrected chi connectivity index (χ4v) is 5.74. The maximum absolute atomic E-state index is 13.4. The fraction of sp³-hybridized carbons (Fsp3) is 0.261.